The van der Waals surface area contributed by atoms with Crippen LogP contribution in [0.1, 0.15) is 17.1 Å². The summed E-state index contributed by atoms with van der Waals surface area (Å²) in [4.78, 5) is 7.66. The fourth-order valence-electron chi connectivity index (χ4n) is 1.89. The Morgan fingerprint density at radius 2 is 2.12 bits per heavy atom. The molecule has 0 aliphatic heterocycles. The Bertz CT molecular complexity index is 531. The monoisotopic (exact) mass is 231 g/mol. The number of ether oxygens (including phenoxy) is 1. The summed E-state index contributed by atoms with van der Waals surface area (Å²) >= 11 is 0. The molecule has 2 aromatic rings. The number of hydrogen-bond acceptors (Lipinski definition) is 3. The molecule has 1 aromatic carbocycles. The first-order chi connectivity index (χ1) is 8.15. The van der Waals surface area contributed by atoms with Crippen molar-refractivity contribution in [3.63, 3.8) is 0 Å². The highest BCUT2D eigenvalue weighted by atomic mass is 16.5. The van der Waals surface area contributed by atoms with Crippen molar-refractivity contribution in [3.8, 4) is 17.0 Å². The number of methoxy groups -OCH3 is 1. The predicted octanol–water partition coefficient (Wildman–Crippen LogP) is 2.16. The van der Waals surface area contributed by atoms with E-state index in [4.69, 9.17) is 10.5 Å². The minimum absolute atomic E-state index is 0.412. The van der Waals surface area contributed by atoms with Crippen LogP contribution in [-0.4, -0.2) is 17.1 Å². The molecule has 1 heterocycles. The molecule has 17 heavy (non-hydrogen) atoms. The molecule has 0 amide bonds. The van der Waals surface area contributed by atoms with Crippen LogP contribution >= 0.6 is 0 Å². The van der Waals surface area contributed by atoms with Crippen molar-refractivity contribution in [2.24, 2.45) is 5.73 Å². The Morgan fingerprint density at radius 1 is 1.35 bits per heavy atom. The summed E-state index contributed by atoms with van der Waals surface area (Å²) in [6.07, 6.45) is 0. The zero-order chi connectivity index (χ0) is 12.4. The molecule has 0 saturated carbocycles. The van der Waals surface area contributed by atoms with Crippen LogP contribution in [-0.2, 0) is 6.54 Å². The molecule has 2 rings (SSSR count). The molecule has 90 valence electrons. The van der Waals surface area contributed by atoms with Crippen molar-refractivity contribution >= 4 is 0 Å². The Balaban J connectivity index is 2.58. The quantitative estimate of drug-likeness (QED) is 0.850. The number of aryl methyl sites for hydroxylation is 2. The molecule has 0 aliphatic carbocycles. The average Bonchev–Trinajstić information content (AvgIpc) is 2.70. The van der Waals surface area contributed by atoms with Crippen LogP contribution in [0.2, 0.25) is 0 Å². The normalized spacial score (nSPS) is 10.6. The second kappa shape index (κ2) is 4.59. The van der Waals surface area contributed by atoms with E-state index in [-0.39, 0.29) is 0 Å². The standard InChI is InChI=1S/C13H17N3O/c1-8-4-5-11(17-3)10(6-8)13-9(2)15-12(7-14)16-13/h4-6H,7,14H2,1-3H3,(H,15,16). The highest BCUT2D eigenvalue weighted by molar-refractivity contribution is 5.70. The smallest absolute Gasteiger partial charge is 0.128 e. The van der Waals surface area contributed by atoms with E-state index in [1.54, 1.807) is 7.11 Å². The molecule has 0 aliphatic rings. The van der Waals surface area contributed by atoms with Gasteiger partial charge in [0.2, 0.25) is 0 Å². The highest BCUT2D eigenvalue weighted by Crippen LogP contribution is 2.31. The van der Waals surface area contributed by atoms with Gasteiger partial charge in [0.1, 0.15) is 11.6 Å². The van der Waals surface area contributed by atoms with Crippen LogP contribution < -0.4 is 10.5 Å². The van der Waals surface area contributed by atoms with E-state index < -0.39 is 0 Å². The van der Waals surface area contributed by atoms with Gasteiger partial charge in [-0.2, -0.15) is 0 Å². The number of benzene rings is 1. The number of imidazole rings is 1. The molecular formula is C13H17N3O. The first kappa shape index (κ1) is 11.7. The third-order valence-electron chi connectivity index (χ3n) is 2.74. The molecule has 0 saturated heterocycles. The van der Waals surface area contributed by atoms with E-state index in [1.165, 1.54) is 5.56 Å². The summed E-state index contributed by atoms with van der Waals surface area (Å²) in [5.41, 5.74) is 9.68. The van der Waals surface area contributed by atoms with E-state index in [0.29, 0.717) is 6.54 Å². The topological polar surface area (TPSA) is 63.9 Å². The summed E-state index contributed by atoms with van der Waals surface area (Å²) in [5, 5.41) is 0. The van der Waals surface area contributed by atoms with Crippen LogP contribution in [0.4, 0.5) is 0 Å². The van der Waals surface area contributed by atoms with Crippen molar-refractivity contribution in [3.05, 3.63) is 35.3 Å². The van der Waals surface area contributed by atoms with Gasteiger partial charge in [-0.15, -0.1) is 0 Å². The minimum Gasteiger partial charge on any atom is -0.496 e. The molecule has 4 nitrogen and oxygen atoms in total. The summed E-state index contributed by atoms with van der Waals surface area (Å²) in [5.74, 6) is 1.62. The Kier molecular flexibility index (Phi) is 3.15. The minimum atomic E-state index is 0.412. The van der Waals surface area contributed by atoms with Crippen molar-refractivity contribution in [2.75, 3.05) is 7.11 Å². The van der Waals surface area contributed by atoms with E-state index in [1.807, 2.05) is 19.1 Å². The number of hydrogen-bond donors (Lipinski definition) is 2. The first-order valence-electron chi connectivity index (χ1n) is 5.56. The molecule has 0 bridgehead atoms. The Morgan fingerprint density at radius 3 is 2.71 bits per heavy atom. The first-order valence-corrected chi connectivity index (χ1v) is 5.56. The summed E-state index contributed by atoms with van der Waals surface area (Å²) in [6.45, 7) is 4.45. The maximum atomic E-state index is 5.59. The SMILES string of the molecule is COc1ccc(C)cc1-c1nc(CN)[nH]c1C. The lowest BCUT2D eigenvalue weighted by molar-refractivity contribution is 0.416. The molecule has 0 fully saturated rings. The Labute approximate surface area is 101 Å². The lowest BCUT2D eigenvalue weighted by atomic mass is 10.1. The zero-order valence-electron chi connectivity index (χ0n) is 10.4. The van der Waals surface area contributed by atoms with Crippen molar-refractivity contribution in [1.82, 2.24) is 9.97 Å². The third kappa shape index (κ3) is 2.17. The molecule has 0 spiro atoms. The number of aromatic amines is 1. The van der Waals surface area contributed by atoms with Gasteiger partial charge in [0, 0.05) is 11.3 Å². The van der Waals surface area contributed by atoms with Crippen molar-refractivity contribution < 1.29 is 4.74 Å². The number of rotatable bonds is 3. The fourth-order valence-corrected chi connectivity index (χ4v) is 1.89. The van der Waals surface area contributed by atoms with Crippen LogP contribution in [0.15, 0.2) is 18.2 Å². The average molecular weight is 231 g/mol. The number of aromatic nitrogens is 2. The van der Waals surface area contributed by atoms with E-state index >= 15 is 0 Å². The molecule has 3 N–H and O–H groups in total. The summed E-state index contributed by atoms with van der Waals surface area (Å²) in [6, 6.07) is 6.05. The van der Waals surface area contributed by atoms with Crippen molar-refractivity contribution in [1.29, 1.82) is 0 Å². The Hall–Kier alpha value is -1.81. The second-order valence-corrected chi connectivity index (χ2v) is 4.06. The number of nitrogens with one attached hydrogen (secondary N) is 1. The van der Waals surface area contributed by atoms with E-state index in [0.717, 1.165) is 28.5 Å². The van der Waals surface area contributed by atoms with Gasteiger partial charge >= 0.3 is 0 Å². The second-order valence-electron chi connectivity index (χ2n) is 4.06. The fraction of sp³-hybridized carbons (Fsp3) is 0.308. The third-order valence-corrected chi connectivity index (χ3v) is 2.74. The highest BCUT2D eigenvalue weighted by Gasteiger charge is 2.13. The predicted molar refractivity (Wildman–Crippen MR) is 67.9 cm³/mol. The summed E-state index contributed by atoms with van der Waals surface area (Å²) in [7, 11) is 1.67. The van der Waals surface area contributed by atoms with Gasteiger partial charge in [-0.05, 0) is 26.0 Å². The molecule has 1 aromatic heterocycles. The molecule has 0 radical (unpaired) electrons. The van der Waals surface area contributed by atoms with Crippen LogP contribution in [0.5, 0.6) is 5.75 Å². The molecule has 0 atom stereocenters. The van der Waals surface area contributed by atoms with Crippen LogP contribution in [0.3, 0.4) is 0 Å². The maximum Gasteiger partial charge on any atom is 0.128 e. The molecule has 4 heteroatoms. The van der Waals surface area contributed by atoms with Crippen LogP contribution in [0.25, 0.3) is 11.3 Å². The zero-order valence-corrected chi connectivity index (χ0v) is 10.4. The van der Waals surface area contributed by atoms with Gasteiger partial charge in [-0.25, -0.2) is 4.98 Å². The number of H-pyrrole nitrogens is 1. The largest absolute Gasteiger partial charge is 0.496 e. The molecule has 0 unspecified atom stereocenters. The lowest BCUT2D eigenvalue weighted by Crippen LogP contribution is -1.98. The number of nitrogens with two attached hydrogens (primary N) is 1. The van der Waals surface area contributed by atoms with Crippen molar-refractivity contribution in [2.45, 2.75) is 20.4 Å². The van der Waals surface area contributed by atoms with Crippen LogP contribution in [0, 0.1) is 13.8 Å². The van der Waals surface area contributed by atoms with Gasteiger partial charge in [0.15, 0.2) is 0 Å². The van der Waals surface area contributed by atoms with Gasteiger partial charge in [-0.1, -0.05) is 11.6 Å². The van der Waals surface area contributed by atoms with Gasteiger partial charge < -0.3 is 15.5 Å². The van der Waals surface area contributed by atoms with Gasteiger partial charge in [0.05, 0.1) is 19.3 Å². The van der Waals surface area contributed by atoms with Gasteiger partial charge in [-0.3, -0.25) is 0 Å². The number of nitrogens with zero attached hydrogens (tertiary/aromatic N) is 1. The van der Waals surface area contributed by atoms with E-state index in [2.05, 4.69) is 23.0 Å². The summed E-state index contributed by atoms with van der Waals surface area (Å²) < 4.78 is 5.37. The maximum absolute atomic E-state index is 5.59. The molecular weight excluding hydrogens is 214 g/mol. The van der Waals surface area contributed by atoms with Gasteiger partial charge in [0.25, 0.3) is 0 Å². The lowest BCUT2D eigenvalue weighted by Gasteiger charge is -2.08. The van der Waals surface area contributed by atoms with E-state index in [9.17, 15) is 0 Å².